The molecule has 1 N–H and O–H groups in total. The number of anilines is 1. The number of halogens is 1. The summed E-state index contributed by atoms with van der Waals surface area (Å²) in [7, 11) is 2.01. The van der Waals surface area contributed by atoms with Gasteiger partial charge in [-0.2, -0.15) is 0 Å². The molecule has 0 saturated heterocycles. The van der Waals surface area contributed by atoms with E-state index in [1.54, 1.807) is 6.92 Å². The third kappa shape index (κ3) is 3.49. The van der Waals surface area contributed by atoms with Crippen molar-refractivity contribution < 1.29 is 5.11 Å². The topological polar surface area (TPSA) is 23.5 Å². The summed E-state index contributed by atoms with van der Waals surface area (Å²) in [5.74, 6) is 0. The molecule has 0 saturated carbocycles. The Morgan fingerprint density at radius 3 is 2.42 bits per heavy atom. The van der Waals surface area contributed by atoms with E-state index in [-0.39, 0.29) is 0 Å². The Hall–Kier alpha value is -1.51. The van der Waals surface area contributed by atoms with Crippen molar-refractivity contribution in [1.82, 2.24) is 0 Å². The maximum atomic E-state index is 9.54. The normalized spacial score (nSPS) is 12.2. The van der Waals surface area contributed by atoms with Crippen molar-refractivity contribution in [3.8, 4) is 0 Å². The second kappa shape index (κ2) is 6.09. The van der Waals surface area contributed by atoms with E-state index in [0.717, 1.165) is 17.8 Å². The molecule has 100 valence electrons. The Morgan fingerprint density at radius 2 is 1.84 bits per heavy atom. The minimum absolute atomic E-state index is 0.494. The third-order valence-electron chi connectivity index (χ3n) is 3.13. The van der Waals surface area contributed by atoms with Crippen LogP contribution in [0.1, 0.15) is 24.2 Å². The smallest absolute Gasteiger partial charge is 0.0762 e. The first kappa shape index (κ1) is 13.9. The lowest BCUT2D eigenvalue weighted by Gasteiger charge is -2.21. The Labute approximate surface area is 119 Å². The molecule has 0 fully saturated rings. The number of aliphatic hydroxyl groups is 1. The highest BCUT2D eigenvalue weighted by Gasteiger charge is 2.09. The maximum Gasteiger partial charge on any atom is 0.0762 e. The fourth-order valence-corrected chi connectivity index (χ4v) is 2.37. The molecule has 19 heavy (non-hydrogen) atoms. The Morgan fingerprint density at radius 1 is 1.16 bits per heavy atom. The fraction of sp³-hybridized carbons (Fsp3) is 0.250. The molecule has 0 bridgehead atoms. The van der Waals surface area contributed by atoms with Crippen molar-refractivity contribution >= 4 is 17.3 Å². The molecule has 0 aliphatic carbocycles. The van der Waals surface area contributed by atoms with Gasteiger partial charge in [0.05, 0.1) is 16.8 Å². The van der Waals surface area contributed by atoms with Gasteiger partial charge in [-0.1, -0.05) is 48.0 Å². The van der Waals surface area contributed by atoms with Crippen molar-refractivity contribution in [1.29, 1.82) is 0 Å². The molecule has 0 radical (unpaired) electrons. The Balaban J connectivity index is 2.17. The molecular formula is C16H18ClNO. The highest BCUT2D eigenvalue weighted by Crippen LogP contribution is 2.29. The molecule has 0 aromatic heterocycles. The summed E-state index contributed by atoms with van der Waals surface area (Å²) in [6.07, 6.45) is -0.494. The van der Waals surface area contributed by atoms with E-state index in [1.165, 1.54) is 5.56 Å². The lowest BCUT2D eigenvalue weighted by atomic mass is 10.1. The largest absolute Gasteiger partial charge is 0.389 e. The van der Waals surface area contributed by atoms with Gasteiger partial charge in [-0.3, -0.25) is 0 Å². The number of rotatable bonds is 4. The van der Waals surface area contributed by atoms with E-state index in [9.17, 15) is 5.11 Å². The van der Waals surface area contributed by atoms with Gasteiger partial charge in [0.2, 0.25) is 0 Å². The van der Waals surface area contributed by atoms with E-state index in [4.69, 9.17) is 11.6 Å². The van der Waals surface area contributed by atoms with Crippen LogP contribution in [0, 0.1) is 0 Å². The molecule has 2 rings (SSSR count). The predicted molar refractivity (Wildman–Crippen MR) is 80.6 cm³/mol. The highest BCUT2D eigenvalue weighted by atomic mass is 35.5. The minimum Gasteiger partial charge on any atom is -0.389 e. The average Bonchev–Trinajstić information content (AvgIpc) is 2.39. The van der Waals surface area contributed by atoms with Gasteiger partial charge in [0.25, 0.3) is 0 Å². The van der Waals surface area contributed by atoms with Crippen LogP contribution >= 0.6 is 11.6 Å². The molecule has 0 heterocycles. The van der Waals surface area contributed by atoms with Crippen LogP contribution in [0.2, 0.25) is 5.02 Å². The fourth-order valence-electron chi connectivity index (χ4n) is 2.04. The lowest BCUT2D eigenvalue weighted by Crippen LogP contribution is -2.16. The molecule has 2 aromatic rings. The summed E-state index contributed by atoms with van der Waals surface area (Å²) < 4.78 is 0. The number of hydrogen-bond acceptors (Lipinski definition) is 2. The van der Waals surface area contributed by atoms with Gasteiger partial charge in [-0.05, 0) is 30.2 Å². The molecule has 0 aliphatic heterocycles. The molecule has 1 unspecified atom stereocenters. The van der Waals surface area contributed by atoms with Crippen LogP contribution < -0.4 is 4.90 Å². The van der Waals surface area contributed by atoms with Crippen LogP contribution in [0.3, 0.4) is 0 Å². The molecular weight excluding hydrogens is 258 g/mol. The lowest BCUT2D eigenvalue weighted by molar-refractivity contribution is 0.199. The van der Waals surface area contributed by atoms with E-state index in [1.807, 2.05) is 43.4 Å². The van der Waals surface area contributed by atoms with E-state index in [0.29, 0.717) is 5.02 Å². The summed E-state index contributed by atoms with van der Waals surface area (Å²) >= 11 is 6.28. The second-order valence-corrected chi connectivity index (χ2v) is 5.14. The summed E-state index contributed by atoms with van der Waals surface area (Å²) in [5, 5.41) is 10.2. The molecule has 2 aromatic carbocycles. The second-order valence-electron chi connectivity index (χ2n) is 4.73. The first-order valence-electron chi connectivity index (χ1n) is 6.30. The predicted octanol–water partition coefficient (Wildman–Crippen LogP) is 4.03. The molecule has 1 atom stereocenters. The molecule has 2 nitrogen and oxygen atoms in total. The van der Waals surface area contributed by atoms with Crippen LogP contribution in [-0.4, -0.2) is 12.2 Å². The zero-order valence-corrected chi connectivity index (χ0v) is 11.9. The zero-order chi connectivity index (χ0) is 13.8. The minimum atomic E-state index is -0.494. The van der Waals surface area contributed by atoms with Crippen LogP contribution in [0.4, 0.5) is 5.69 Å². The van der Waals surface area contributed by atoms with Crippen LogP contribution in [-0.2, 0) is 6.54 Å². The third-order valence-corrected chi connectivity index (χ3v) is 3.43. The van der Waals surface area contributed by atoms with E-state index in [2.05, 4.69) is 17.0 Å². The summed E-state index contributed by atoms with van der Waals surface area (Å²) in [6, 6.07) is 15.9. The first-order chi connectivity index (χ1) is 9.08. The number of hydrogen-bond donors (Lipinski definition) is 1. The average molecular weight is 276 g/mol. The van der Waals surface area contributed by atoms with Gasteiger partial charge in [0, 0.05) is 13.6 Å². The van der Waals surface area contributed by atoms with Gasteiger partial charge in [0.1, 0.15) is 0 Å². The summed E-state index contributed by atoms with van der Waals surface area (Å²) in [6.45, 7) is 2.54. The zero-order valence-electron chi connectivity index (χ0n) is 11.2. The maximum absolute atomic E-state index is 9.54. The van der Waals surface area contributed by atoms with Gasteiger partial charge in [0.15, 0.2) is 0 Å². The van der Waals surface area contributed by atoms with Crippen molar-refractivity contribution in [3.63, 3.8) is 0 Å². The van der Waals surface area contributed by atoms with Gasteiger partial charge >= 0.3 is 0 Å². The molecule has 0 spiro atoms. The highest BCUT2D eigenvalue weighted by molar-refractivity contribution is 6.33. The summed E-state index contributed by atoms with van der Waals surface area (Å²) in [4.78, 5) is 2.10. The van der Waals surface area contributed by atoms with Crippen molar-refractivity contribution in [2.75, 3.05) is 11.9 Å². The standard InChI is InChI=1S/C16H18ClNO/c1-12(19)14-8-9-16(15(17)10-14)18(2)11-13-6-4-3-5-7-13/h3-10,12,19H,11H2,1-2H3. The van der Waals surface area contributed by atoms with Crippen molar-refractivity contribution in [2.24, 2.45) is 0 Å². The molecule has 3 heteroatoms. The van der Waals surface area contributed by atoms with Gasteiger partial charge < -0.3 is 10.0 Å². The molecule has 0 aliphatic rings. The van der Waals surface area contributed by atoms with Crippen LogP contribution in [0.5, 0.6) is 0 Å². The van der Waals surface area contributed by atoms with Crippen LogP contribution in [0.25, 0.3) is 0 Å². The van der Waals surface area contributed by atoms with E-state index >= 15 is 0 Å². The first-order valence-corrected chi connectivity index (χ1v) is 6.68. The SMILES string of the molecule is CC(O)c1ccc(N(C)Cc2ccccc2)c(Cl)c1. The monoisotopic (exact) mass is 275 g/mol. The van der Waals surface area contributed by atoms with Crippen molar-refractivity contribution in [2.45, 2.75) is 19.6 Å². The number of nitrogens with zero attached hydrogens (tertiary/aromatic N) is 1. The van der Waals surface area contributed by atoms with Gasteiger partial charge in [-0.25, -0.2) is 0 Å². The Kier molecular flexibility index (Phi) is 4.46. The van der Waals surface area contributed by atoms with Crippen molar-refractivity contribution in [3.05, 3.63) is 64.7 Å². The quantitative estimate of drug-likeness (QED) is 0.911. The van der Waals surface area contributed by atoms with Crippen LogP contribution in [0.15, 0.2) is 48.5 Å². The number of aliphatic hydroxyl groups excluding tert-OH is 1. The Bertz CT molecular complexity index is 540. The van der Waals surface area contributed by atoms with E-state index < -0.39 is 6.10 Å². The number of benzene rings is 2. The summed E-state index contributed by atoms with van der Waals surface area (Å²) in [5.41, 5.74) is 3.04. The van der Waals surface area contributed by atoms with Gasteiger partial charge in [-0.15, -0.1) is 0 Å². The molecule has 0 amide bonds.